The summed E-state index contributed by atoms with van der Waals surface area (Å²) in [5.41, 5.74) is 3.52. The fourth-order valence-corrected chi connectivity index (χ4v) is 3.16. The molecule has 6 heteroatoms. The summed E-state index contributed by atoms with van der Waals surface area (Å²) in [6.07, 6.45) is 1.72. The maximum absolute atomic E-state index is 6.06. The van der Waals surface area contributed by atoms with E-state index >= 15 is 0 Å². The molecule has 148 valence electrons. The normalized spacial score (nSPS) is 10.9. The number of rotatable bonds is 6. The minimum atomic E-state index is 0.366. The highest BCUT2D eigenvalue weighted by atomic mass is 35.5. The van der Waals surface area contributed by atoms with Crippen LogP contribution >= 0.6 is 23.2 Å². The van der Waals surface area contributed by atoms with Crippen LogP contribution in [0.2, 0.25) is 10.0 Å². The molecular weight excluding hydrogens is 417 g/mol. The lowest BCUT2D eigenvalue weighted by Crippen LogP contribution is -1.96. The highest BCUT2D eigenvalue weighted by molar-refractivity contribution is 6.42. The SMILES string of the molecule is Cc1cc(N=Cc2c#ccc(OCc3ccc(Cl)c(Cl)c3)c2)n(-c2ccccc2)n1. The Labute approximate surface area is 185 Å². The Bertz CT molecular complexity index is 1190. The topological polar surface area (TPSA) is 39.4 Å². The van der Waals surface area contributed by atoms with E-state index in [1.807, 2.05) is 55.5 Å². The molecule has 0 aliphatic carbocycles. The average molecular weight is 434 g/mol. The molecule has 0 saturated carbocycles. The van der Waals surface area contributed by atoms with E-state index in [4.69, 9.17) is 27.9 Å². The van der Waals surface area contributed by atoms with Gasteiger partial charge in [0.25, 0.3) is 0 Å². The summed E-state index contributed by atoms with van der Waals surface area (Å²) in [6.45, 7) is 2.31. The molecule has 30 heavy (non-hydrogen) atoms. The van der Waals surface area contributed by atoms with E-state index < -0.39 is 0 Å². The molecule has 4 rings (SSSR count). The average Bonchev–Trinajstić information content (AvgIpc) is 3.14. The second-order valence-electron chi connectivity index (χ2n) is 6.60. The highest BCUT2D eigenvalue weighted by Gasteiger charge is 2.06. The van der Waals surface area contributed by atoms with Gasteiger partial charge in [-0.2, -0.15) is 5.10 Å². The number of aromatic nitrogens is 2. The van der Waals surface area contributed by atoms with Gasteiger partial charge in [-0.1, -0.05) is 59.6 Å². The molecule has 4 nitrogen and oxygen atoms in total. The van der Waals surface area contributed by atoms with Crippen molar-refractivity contribution in [2.24, 2.45) is 4.99 Å². The maximum Gasteiger partial charge on any atom is 0.155 e. The molecule has 0 bridgehead atoms. The minimum Gasteiger partial charge on any atom is -0.488 e. The van der Waals surface area contributed by atoms with E-state index in [1.165, 1.54) is 0 Å². The molecule has 0 spiro atoms. The largest absolute Gasteiger partial charge is 0.488 e. The predicted molar refractivity (Wildman–Crippen MR) is 120 cm³/mol. The third-order valence-electron chi connectivity index (χ3n) is 4.27. The van der Waals surface area contributed by atoms with Gasteiger partial charge in [-0.25, -0.2) is 9.67 Å². The van der Waals surface area contributed by atoms with Crippen molar-refractivity contribution in [3.05, 3.63) is 106 Å². The summed E-state index contributed by atoms with van der Waals surface area (Å²) in [6, 6.07) is 26.8. The molecule has 0 aliphatic heterocycles. The first-order valence-corrected chi connectivity index (χ1v) is 10.0. The van der Waals surface area contributed by atoms with Gasteiger partial charge in [0.05, 0.1) is 21.4 Å². The van der Waals surface area contributed by atoms with Crippen molar-refractivity contribution < 1.29 is 4.74 Å². The van der Waals surface area contributed by atoms with E-state index in [1.54, 1.807) is 29.1 Å². The van der Waals surface area contributed by atoms with E-state index in [0.717, 1.165) is 28.3 Å². The van der Waals surface area contributed by atoms with Gasteiger partial charge in [-0.15, -0.1) is 0 Å². The monoisotopic (exact) mass is 433 g/mol. The van der Waals surface area contributed by atoms with E-state index in [-0.39, 0.29) is 0 Å². The highest BCUT2D eigenvalue weighted by Crippen LogP contribution is 2.24. The molecule has 0 fully saturated rings. The molecule has 0 saturated heterocycles. The maximum atomic E-state index is 6.06. The van der Waals surface area contributed by atoms with Crippen LogP contribution in [-0.2, 0) is 6.61 Å². The molecule has 0 unspecified atom stereocenters. The van der Waals surface area contributed by atoms with Crippen molar-refractivity contribution in [2.45, 2.75) is 13.5 Å². The predicted octanol–water partition coefficient (Wildman–Crippen LogP) is 6.42. The van der Waals surface area contributed by atoms with Gasteiger partial charge in [0.2, 0.25) is 0 Å². The third-order valence-corrected chi connectivity index (χ3v) is 5.01. The van der Waals surface area contributed by atoms with Crippen molar-refractivity contribution in [2.75, 3.05) is 0 Å². The summed E-state index contributed by atoms with van der Waals surface area (Å²) in [4.78, 5) is 4.59. The van der Waals surface area contributed by atoms with Crippen LogP contribution in [-0.4, -0.2) is 16.0 Å². The van der Waals surface area contributed by atoms with Crippen molar-refractivity contribution in [1.29, 1.82) is 0 Å². The minimum absolute atomic E-state index is 0.366. The van der Waals surface area contributed by atoms with Crippen LogP contribution < -0.4 is 4.74 Å². The lowest BCUT2D eigenvalue weighted by atomic mass is 10.2. The zero-order chi connectivity index (χ0) is 20.9. The second-order valence-corrected chi connectivity index (χ2v) is 7.42. The Kier molecular flexibility index (Phi) is 6.04. The molecule has 3 aromatic carbocycles. The van der Waals surface area contributed by atoms with Gasteiger partial charge in [-0.3, -0.25) is 0 Å². The summed E-state index contributed by atoms with van der Waals surface area (Å²) in [5.74, 6) is 1.39. The molecule has 1 heterocycles. The first-order valence-electron chi connectivity index (χ1n) is 9.25. The molecule has 0 amide bonds. The van der Waals surface area contributed by atoms with Gasteiger partial charge in [-0.05, 0) is 42.8 Å². The lowest BCUT2D eigenvalue weighted by Gasteiger charge is -2.06. The molecule has 1 aromatic heterocycles. The molecule has 0 atom stereocenters. The van der Waals surface area contributed by atoms with Gasteiger partial charge < -0.3 is 4.74 Å². The van der Waals surface area contributed by atoms with E-state index in [9.17, 15) is 0 Å². The standard InChI is InChI=1S/C24H17Cl2N3O/c1-17-12-24(29(28-17)20-7-3-2-4-8-20)27-15-18-6-5-9-21(13-18)30-16-19-10-11-22(25)23(26)14-19/h2-4,7-15H,16H2,1H3. The number of hydrogen-bond acceptors (Lipinski definition) is 3. The van der Waals surface area contributed by atoms with Gasteiger partial charge >= 0.3 is 0 Å². The lowest BCUT2D eigenvalue weighted by molar-refractivity contribution is 0.306. The third kappa shape index (κ3) is 4.83. The van der Waals surface area contributed by atoms with Gasteiger partial charge in [0.1, 0.15) is 12.4 Å². The number of halogens is 2. The number of benzene rings is 2. The van der Waals surface area contributed by atoms with Crippen molar-refractivity contribution >= 4 is 35.2 Å². The van der Waals surface area contributed by atoms with Crippen LogP contribution in [0, 0.1) is 19.1 Å². The fourth-order valence-electron chi connectivity index (χ4n) is 2.84. The molecule has 0 aliphatic rings. The number of para-hydroxylation sites is 1. The Morgan fingerprint density at radius 2 is 1.90 bits per heavy atom. The fraction of sp³-hybridized carbons (Fsp3) is 0.0833. The summed E-state index contributed by atoms with van der Waals surface area (Å²) in [7, 11) is 0. The number of ether oxygens (including phenoxy) is 1. The van der Waals surface area contributed by atoms with Crippen LogP contribution in [0.25, 0.3) is 5.69 Å². The van der Waals surface area contributed by atoms with E-state index in [0.29, 0.717) is 22.4 Å². The second kappa shape index (κ2) is 9.04. The Morgan fingerprint density at radius 3 is 2.70 bits per heavy atom. The van der Waals surface area contributed by atoms with E-state index in [2.05, 4.69) is 22.2 Å². The molecular formula is C24H17Cl2N3O. The molecule has 0 N–H and O–H groups in total. The summed E-state index contributed by atoms with van der Waals surface area (Å²) >= 11 is 12.0. The van der Waals surface area contributed by atoms with Crippen molar-refractivity contribution in [3.8, 4) is 11.4 Å². The number of aliphatic imine (C=N–C) groups is 1. The van der Waals surface area contributed by atoms with Crippen molar-refractivity contribution in [1.82, 2.24) is 9.78 Å². The smallest absolute Gasteiger partial charge is 0.155 e. The Morgan fingerprint density at radius 1 is 1.07 bits per heavy atom. The molecule has 4 aromatic rings. The number of aryl methyl sites for hydroxylation is 1. The molecule has 0 radical (unpaired) electrons. The van der Waals surface area contributed by atoms with Crippen LogP contribution in [0.1, 0.15) is 16.8 Å². The van der Waals surface area contributed by atoms with Crippen molar-refractivity contribution in [3.63, 3.8) is 0 Å². The zero-order valence-electron chi connectivity index (χ0n) is 16.1. The number of hydrogen-bond donors (Lipinski definition) is 0. The summed E-state index contributed by atoms with van der Waals surface area (Å²) < 4.78 is 7.65. The zero-order valence-corrected chi connectivity index (χ0v) is 17.7. The first kappa shape index (κ1) is 20.0. The van der Waals surface area contributed by atoms with Crippen LogP contribution in [0.4, 0.5) is 5.82 Å². The first-order chi connectivity index (χ1) is 14.6. The van der Waals surface area contributed by atoms with Gasteiger partial charge in [0.15, 0.2) is 5.82 Å². The van der Waals surface area contributed by atoms with Crippen LogP contribution in [0.5, 0.6) is 5.75 Å². The number of nitrogens with zero attached hydrogens (tertiary/aromatic N) is 3. The Hall–Kier alpha value is -3.26. The van der Waals surface area contributed by atoms with Crippen LogP contribution in [0.15, 0.2) is 71.7 Å². The Balaban J connectivity index is 1.50. The van der Waals surface area contributed by atoms with Gasteiger partial charge in [0, 0.05) is 23.9 Å². The van der Waals surface area contributed by atoms with Crippen LogP contribution in [0.3, 0.4) is 0 Å². The summed E-state index contributed by atoms with van der Waals surface area (Å²) in [5, 5.41) is 5.55. The quantitative estimate of drug-likeness (QED) is 0.329.